The van der Waals surface area contributed by atoms with E-state index in [1.165, 1.54) is 31.2 Å². The van der Waals surface area contributed by atoms with Gasteiger partial charge < -0.3 is 15.1 Å². The molecule has 25 heavy (non-hydrogen) atoms. The largest absolute Gasteiger partial charge is 0.357 e. The Hall–Kier alpha value is -2.04. The number of carbonyl (C=O) groups excluding carboxylic acids is 1. The SMILES string of the molecule is CCNC(=NCC(=O)N1CCc2ccccc21)N1CCC2(CCC2)C1. The van der Waals surface area contributed by atoms with Crippen LogP contribution < -0.4 is 10.2 Å². The lowest BCUT2D eigenvalue weighted by molar-refractivity contribution is -0.117. The Labute approximate surface area is 150 Å². The monoisotopic (exact) mass is 340 g/mol. The second kappa shape index (κ2) is 6.70. The minimum atomic E-state index is 0.0953. The zero-order valence-electron chi connectivity index (χ0n) is 15.1. The number of nitrogens with one attached hydrogen (secondary N) is 1. The lowest BCUT2D eigenvalue weighted by Gasteiger charge is -2.38. The third kappa shape index (κ3) is 3.12. The normalized spacial score (nSPS) is 21.4. The first-order chi connectivity index (χ1) is 12.2. The van der Waals surface area contributed by atoms with Gasteiger partial charge in [-0.05, 0) is 49.7 Å². The van der Waals surface area contributed by atoms with E-state index < -0.39 is 0 Å². The van der Waals surface area contributed by atoms with Crippen molar-refractivity contribution in [1.29, 1.82) is 0 Å². The van der Waals surface area contributed by atoms with Gasteiger partial charge in [0, 0.05) is 31.9 Å². The molecule has 1 saturated heterocycles. The number of rotatable bonds is 3. The van der Waals surface area contributed by atoms with Crippen LogP contribution >= 0.6 is 0 Å². The Morgan fingerprint density at radius 2 is 2.08 bits per heavy atom. The smallest absolute Gasteiger partial charge is 0.248 e. The van der Waals surface area contributed by atoms with E-state index >= 15 is 0 Å². The van der Waals surface area contributed by atoms with E-state index in [9.17, 15) is 4.79 Å². The quantitative estimate of drug-likeness (QED) is 0.679. The molecule has 1 aromatic carbocycles. The van der Waals surface area contributed by atoms with E-state index in [2.05, 4.69) is 28.2 Å². The molecular weight excluding hydrogens is 312 g/mol. The summed E-state index contributed by atoms with van der Waals surface area (Å²) in [7, 11) is 0. The summed E-state index contributed by atoms with van der Waals surface area (Å²) in [6.07, 6.45) is 6.29. The van der Waals surface area contributed by atoms with Gasteiger partial charge in [0.2, 0.25) is 5.91 Å². The number of hydrogen-bond acceptors (Lipinski definition) is 2. The van der Waals surface area contributed by atoms with Gasteiger partial charge >= 0.3 is 0 Å². The molecule has 1 N–H and O–H groups in total. The van der Waals surface area contributed by atoms with Gasteiger partial charge in [0.1, 0.15) is 6.54 Å². The predicted molar refractivity (Wildman–Crippen MR) is 101 cm³/mol. The van der Waals surface area contributed by atoms with Gasteiger partial charge in [0.15, 0.2) is 5.96 Å². The first kappa shape index (κ1) is 16.4. The van der Waals surface area contributed by atoms with Crippen LogP contribution in [0.4, 0.5) is 5.69 Å². The number of guanidine groups is 1. The third-order valence-electron chi connectivity index (χ3n) is 6.04. The molecule has 4 rings (SSSR count). The molecule has 1 spiro atoms. The molecular formula is C20H28N4O. The predicted octanol–water partition coefficient (Wildman–Crippen LogP) is 2.42. The van der Waals surface area contributed by atoms with Crippen molar-refractivity contribution in [3.63, 3.8) is 0 Å². The maximum absolute atomic E-state index is 12.7. The van der Waals surface area contributed by atoms with E-state index in [0.717, 1.165) is 44.2 Å². The van der Waals surface area contributed by atoms with Gasteiger partial charge in [0.05, 0.1) is 0 Å². The molecule has 2 aliphatic heterocycles. The summed E-state index contributed by atoms with van der Waals surface area (Å²) in [4.78, 5) is 21.6. The maximum atomic E-state index is 12.7. The number of carbonyl (C=O) groups is 1. The highest BCUT2D eigenvalue weighted by Crippen LogP contribution is 2.47. The molecule has 1 aromatic rings. The Morgan fingerprint density at radius 1 is 1.24 bits per heavy atom. The summed E-state index contributed by atoms with van der Waals surface area (Å²) in [5.41, 5.74) is 2.86. The van der Waals surface area contributed by atoms with Crippen LogP contribution in [-0.4, -0.2) is 49.5 Å². The molecule has 134 valence electrons. The number of likely N-dealkylation sites (tertiary alicyclic amines) is 1. The summed E-state index contributed by atoms with van der Waals surface area (Å²) >= 11 is 0. The fourth-order valence-corrected chi connectivity index (χ4v) is 4.45. The van der Waals surface area contributed by atoms with Gasteiger partial charge in [-0.2, -0.15) is 0 Å². The number of para-hydroxylation sites is 1. The Bertz CT molecular complexity index is 680. The van der Waals surface area contributed by atoms with E-state index in [4.69, 9.17) is 0 Å². The van der Waals surface area contributed by atoms with Crippen LogP contribution in [0.5, 0.6) is 0 Å². The average Bonchev–Trinajstić information content (AvgIpc) is 3.22. The Morgan fingerprint density at radius 3 is 2.80 bits per heavy atom. The Kier molecular flexibility index (Phi) is 4.40. The highest BCUT2D eigenvalue weighted by atomic mass is 16.2. The number of benzene rings is 1. The van der Waals surface area contributed by atoms with Crippen molar-refractivity contribution in [2.75, 3.05) is 37.6 Å². The molecule has 3 aliphatic rings. The van der Waals surface area contributed by atoms with Crippen molar-refractivity contribution in [3.8, 4) is 0 Å². The summed E-state index contributed by atoms with van der Waals surface area (Å²) in [6, 6.07) is 8.19. The molecule has 1 amide bonds. The number of anilines is 1. The second-order valence-electron chi connectivity index (χ2n) is 7.62. The molecule has 5 heteroatoms. The second-order valence-corrected chi connectivity index (χ2v) is 7.62. The highest BCUT2D eigenvalue weighted by molar-refractivity contribution is 5.98. The average molecular weight is 340 g/mol. The summed E-state index contributed by atoms with van der Waals surface area (Å²) < 4.78 is 0. The number of aliphatic imine (C=N–C) groups is 1. The van der Waals surface area contributed by atoms with Crippen LogP contribution in [0.2, 0.25) is 0 Å². The van der Waals surface area contributed by atoms with Crippen LogP contribution in [0.1, 0.15) is 38.2 Å². The number of nitrogens with zero attached hydrogens (tertiary/aromatic N) is 3. The minimum absolute atomic E-state index is 0.0953. The minimum Gasteiger partial charge on any atom is -0.357 e. The van der Waals surface area contributed by atoms with Gasteiger partial charge in [-0.3, -0.25) is 4.79 Å². The molecule has 1 aliphatic carbocycles. The van der Waals surface area contributed by atoms with Crippen molar-refractivity contribution in [2.24, 2.45) is 10.4 Å². The lowest BCUT2D eigenvalue weighted by atomic mass is 9.68. The van der Waals surface area contributed by atoms with E-state index in [1.54, 1.807) is 0 Å². The fourth-order valence-electron chi connectivity index (χ4n) is 4.45. The summed E-state index contributed by atoms with van der Waals surface area (Å²) in [6.45, 7) is 6.08. The fraction of sp³-hybridized carbons (Fsp3) is 0.600. The highest BCUT2D eigenvalue weighted by Gasteiger charge is 2.43. The third-order valence-corrected chi connectivity index (χ3v) is 6.04. The first-order valence-corrected chi connectivity index (χ1v) is 9.62. The van der Waals surface area contributed by atoms with Crippen LogP contribution in [0.3, 0.4) is 0 Å². The molecule has 0 unspecified atom stereocenters. The molecule has 5 nitrogen and oxygen atoms in total. The summed E-state index contributed by atoms with van der Waals surface area (Å²) in [5.74, 6) is 1.00. The van der Waals surface area contributed by atoms with Crippen molar-refractivity contribution in [2.45, 2.75) is 39.0 Å². The van der Waals surface area contributed by atoms with Crippen LogP contribution in [0.15, 0.2) is 29.3 Å². The topological polar surface area (TPSA) is 47.9 Å². The van der Waals surface area contributed by atoms with Crippen molar-refractivity contribution < 1.29 is 4.79 Å². The molecule has 2 fully saturated rings. The standard InChI is InChI=1S/C20H28N4O/c1-2-21-19(23-13-11-20(15-23)9-5-10-20)22-14-18(25)24-12-8-16-6-3-4-7-17(16)24/h3-4,6-7H,2,5,8-15H2,1H3,(H,21,22). The lowest BCUT2D eigenvalue weighted by Crippen LogP contribution is -2.43. The van der Waals surface area contributed by atoms with Gasteiger partial charge in [-0.25, -0.2) is 4.99 Å². The molecule has 1 saturated carbocycles. The van der Waals surface area contributed by atoms with Crippen LogP contribution in [0.25, 0.3) is 0 Å². The molecule has 2 heterocycles. The van der Waals surface area contributed by atoms with Gasteiger partial charge in [-0.1, -0.05) is 24.6 Å². The maximum Gasteiger partial charge on any atom is 0.248 e. The molecule has 0 bridgehead atoms. The van der Waals surface area contributed by atoms with Crippen molar-refractivity contribution in [3.05, 3.63) is 29.8 Å². The van der Waals surface area contributed by atoms with E-state index in [0.29, 0.717) is 5.41 Å². The molecule has 0 atom stereocenters. The zero-order valence-corrected chi connectivity index (χ0v) is 15.1. The summed E-state index contributed by atoms with van der Waals surface area (Å²) in [5, 5.41) is 3.38. The van der Waals surface area contributed by atoms with E-state index in [-0.39, 0.29) is 12.5 Å². The molecule has 0 radical (unpaired) electrons. The first-order valence-electron chi connectivity index (χ1n) is 9.62. The van der Waals surface area contributed by atoms with Crippen molar-refractivity contribution in [1.82, 2.24) is 10.2 Å². The van der Waals surface area contributed by atoms with Crippen LogP contribution in [0, 0.1) is 5.41 Å². The van der Waals surface area contributed by atoms with E-state index in [1.807, 2.05) is 23.1 Å². The number of fused-ring (bicyclic) bond motifs is 1. The number of hydrogen-bond donors (Lipinski definition) is 1. The van der Waals surface area contributed by atoms with Gasteiger partial charge in [-0.15, -0.1) is 0 Å². The zero-order chi connectivity index (χ0) is 17.3. The Balaban J connectivity index is 1.42. The van der Waals surface area contributed by atoms with Crippen molar-refractivity contribution >= 4 is 17.6 Å². The van der Waals surface area contributed by atoms with Crippen LogP contribution in [-0.2, 0) is 11.2 Å². The van der Waals surface area contributed by atoms with Gasteiger partial charge in [0.25, 0.3) is 0 Å². The molecule has 0 aromatic heterocycles. The number of amides is 1.